The predicted octanol–water partition coefficient (Wildman–Crippen LogP) is 4.34. The first-order valence-corrected chi connectivity index (χ1v) is 9.04. The van der Waals surface area contributed by atoms with Crippen molar-refractivity contribution in [3.63, 3.8) is 0 Å². The fourth-order valence-corrected chi connectivity index (χ4v) is 3.01. The van der Waals surface area contributed by atoms with Gasteiger partial charge in [0.15, 0.2) is 17.3 Å². The van der Waals surface area contributed by atoms with Crippen molar-refractivity contribution in [3.8, 4) is 23.0 Å². The predicted molar refractivity (Wildman–Crippen MR) is 104 cm³/mol. The number of benzene rings is 2. The molecular weight excluding hydrogens is 352 g/mol. The van der Waals surface area contributed by atoms with Gasteiger partial charge in [0.1, 0.15) is 11.5 Å². The molecule has 2 rings (SSSR count). The van der Waals surface area contributed by atoms with E-state index in [0.717, 1.165) is 10.5 Å². The minimum Gasteiger partial charge on any atom is -0.496 e. The van der Waals surface area contributed by atoms with Crippen molar-refractivity contribution in [3.05, 3.63) is 47.5 Å². The number of rotatable bonds is 8. The molecule has 0 spiro atoms. The minimum absolute atomic E-state index is 0.178. The van der Waals surface area contributed by atoms with Crippen molar-refractivity contribution in [2.75, 3.05) is 34.7 Å². The van der Waals surface area contributed by atoms with Crippen LogP contribution in [0.2, 0.25) is 0 Å². The van der Waals surface area contributed by atoms with E-state index in [1.807, 2.05) is 12.3 Å². The highest BCUT2D eigenvalue weighted by atomic mass is 32.2. The highest BCUT2D eigenvalue weighted by Crippen LogP contribution is 2.35. The lowest BCUT2D eigenvalue weighted by atomic mass is 10.1. The summed E-state index contributed by atoms with van der Waals surface area (Å²) in [6, 6.07) is 8.95. The van der Waals surface area contributed by atoms with E-state index >= 15 is 0 Å². The Labute approximate surface area is 157 Å². The maximum absolute atomic E-state index is 12.7. The molecule has 0 aliphatic carbocycles. The monoisotopic (exact) mass is 374 g/mol. The molecule has 6 heteroatoms. The quantitative estimate of drug-likeness (QED) is 0.389. The van der Waals surface area contributed by atoms with Gasteiger partial charge in [-0.25, -0.2) is 0 Å². The normalized spacial score (nSPS) is 10.7. The maximum Gasteiger partial charge on any atom is 0.189 e. The van der Waals surface area contributed by atoms with Crippen LogP contribution in [0.5, 0.6) is 23.0 Å². The van der Waals surface area contributed by atoms with Crippen molar-refractivity contribution < 1.29 is 23.7 Å². The van der Waals surface area contributed by atoms with E-state index in [4.69, 9.17) is 18.9 Å². The first-order chi connectivity index (χ1) is 12.6. The SMILES string of the molecule is COc1ccc(C=CC(=O)c2cc(OC)c(SC)cc2OC)cc1OC. The van der Waals surface area contributed by atoms with E-state index < -0.39 is 0 Å². The molecule has 138 valence electrons. The number of ketones is 1. The Balaban J connectivity index is 2.33. The van der Waals surface area contributed by atoms with E-state index in [-0.39, 0.29) is 5.78 Å². The van der Waals surface area contributed by atoms with Gasteiger partial charge in [0, 0.05) is 0 Å². The van der Waals surface area contributed by atoms with Gasteiger partial charge in [-0.2, -0.15) is 0 Å². The molecule has 0 atom stereocenters. The van der Waals surface area contributed by atoms with Gasteiger partial charge < -0.3 is 18.9 Å². The van der Waals surface area contributed by atoms with E-state index in [1.54, 1.807) is 58.8 Å². The molecule has 0 fully saturated rings. The number of hydrogen-bond donors (Lipinski definition) is 0. The van der Waals surface area contributed by atoms with Crippen LogP contribution in [0.25, 0.3) is 6.08 Å². The lowest BCUT2D eigenvalue weighted by molar-refractivity contribution is 0.104. The van der Waals surface area contributed by atoms with Crippen molar-refractivity contribution >= 4 is 23.6 Å². The molecule has 0 saturated heterocycles. The third kappa shape index (κ3) is 4.32. The second-order valence-corrected chi connectivity index (χ2v) is 6.07. The molecule has 5 nitrogen and oxygen atoms in total. The van der Waals surface area contributed by atoms with Crippen LogP contribution in [-0.4, -0.2) is 40.5 Å². The number of ether oxygens (including phenoxy) is 4. The molecule has 0 aliphatic rings. The number of methoxy groups -OCH3 is 4. The summed E-state index contributed by atoms with van der Waals surface area (Å²) in [6.45, 7) is 0. The zero-order valence-electron chi connectivity index (χ0n) is 15.5. The second kappa shape index (κ2) is 9.20. The number of carbonyl (C=O) groups excluding carboxylic acids is 1. The molecule has 2 aromatic carbocycles. The number of carbonyl (C=O) groups is 1. The molecule has 0 amide bonds. The van der Waals surface area contributed by atoms with Crippen LogP contribution in [0, 0.1) is 0 Å². The van der Waals surface area contributed by atoms with Crippen LogP contribution in [0.4, 0.5) is 0 Å². The van der Waals surface area contributed by atoms with E-state index in [1.165, 1.54) is 17.8 Å². The Morgan fingerprint density at radius 1 is 0.846 bits per heavy atom. The van der Waals surface area contributed by atoms with Crippen molar-refractivity contribution in [2.45, 2.75) is 4.90 Å². The Morgan fingerprint density at radius 2 is 1.50 bits per heavy atom. The molecule has 26 heavy (non-hydrogen) atoms. The van der Waals surface area contributed by atoms with Gasteiger partial charge >= 0.3 is 0 Å². The second-order valence-electron chi connectivity index (χ2n) is 5.22. The average molecular weight is 374 g/mol. The zero-order valence-corrected chi connectivity index (χ0v) is 16.3. The third-order valence-electron chi connectivity index (χ3n) is 3.81. The average Bonchev–Trinajstić information content (AvgIpc) is 2.70. The van der Waals surface area contributed by atoms with Crippen LogP contribution >= 0.6 is 11.8 Å². The molecule has 0 N–H and O–H groups in total. The molecular formula is C20H22O5S. The van der Waals surface area contributed by atoms with E-state index in [2.05, 4.69) is 0 Å². The standard InChI is InChI=1S/C20H22O5S/c1-22-16-9-7-13(10-18(16)24-3)6-8-15(21)14-11-19(25-4)20(26-5)12-17(14)23-2/h6-12H,1-5H3. The lowest BCUT2D eigenvalue weighted by Crippen LogP contribution is -2.01. The van der Waals surface area contributed by atoms with Crippen LogP contribution in [-0.2, 0) is 0 Å². The van der Waals surface area contributed by atoms with Gasteiger partial charge in [-0.05, 0) is 42.2 Å². The largest absolute Gasteiger partial charge is 0.496 e. The highest BCUT2D eigenvalue weighted by molar-refractivity contribution is 7.98. The molecule has 0 heterocycles. The van der Waals surface area contributed by atoms with Gasteiger partial charge in [0.05, 0.1) is 38.9 Å². The molecule has 0 radical (unpaired) electrons. The molecule has 0 aliphatic heterocycles. The Bertz CT molecular complexity index is 814. The number of thioether (sulfide) groups is 1. The Kier molecular flexibility index (Phi) is 6.97. The summed E-state index contributed by atoms with van der Waals surface area (Å²) in [5.74, 6) is 2.21. The van der Waals surface area contributed by atoms with Gasteiger partial charge in [-0.15, -0.1) is 11.8 Å². The van der Waals surface area contributed by atoms with Crippen LogP contribution < -0.4 is 18.9 Å². The third-order valence-corrected chi connectivity index (χ3v) is 4.56. The zero-order chi connectivity index (χ0) is 19.1. The van der Waals surface area contributed by atoms with Gasteiger partial charge in [-0.1, -0.05) is 12.1 Å². The fourth-order valence-electron chi connectivity index (χ4n) is 2.44. The van der Waals surface area contributed by atoms with Crippen molar-refractivity contribution in [1.82, 2.24) is 0 Å². The first-order valence-electron chi connectivity index (χ1n) is 7.82. The van der Waals surface area contributed by atoms with Crippen molar-refractivity contribution in [2.24, 2.45) is 0 Å². The molecule has 0 unspecified atom stereocenters. The van der Waals surface area contributed by atoms with Gasteiger partial charge in [-0.3, -0.25) is 4.79 Å². The van der Waals surface area contributed by atoms with Crippen molar-refractivity contribution in [1.29, 1.82) is 0 Å². The number of allylic oxidation sites excluding steroid dienone is 1. The topological polar surface area (TPSA) is 54.0 Å². The molecule has 0 saturated carbocycles. The summed E-state index contributed by atoms with van der Waals surface area (Å²) >= 11 is 1.53. The van der Waals surface area contributed by atoms with Gasteiger partial charge in [0.2, 0.25) is 0 Å². The first kappa shape index (κ1) is 19.7. The smallest absolute Gasteiger partial charge is 0.189 e. The fraction of sp³-hybridized carbons (Fsp3) is 0.250. The van der Waals surface area contributed by atoms with E-state index in [9.17, 15) is 4.79 Å². The summed E-state index contributed by atoms with van der Waals surface area (Å²) in [5, 5.41) is 0. The maximum atomic E-state index is 12.7. The summed E-state index contributed by atoms with van der Waals surface area (Å²) in [4.78, 5) is 13.6. The number of hydrogen-bond acceptors (Lipinski definition) is 6. The lowest BCUT2D eigenvalue weighted by Gasteiger charge is -2.12. The molecule has 0 aromatic heterocycles. The summed E-state index contributed by atoms with van der Waals surface area (Å²) in [6.07, 6.45) is 5.16. The summed E-state index contributed by atoms with van der Waals surface area (Å²) < 4.78 is 21.2. The molecule has 2 aromatic rings. The summed E-state index contributed by atoms with van der Waals surface area (Å²) in [5.41, 5.74) is 1.27. The van der Waals surface area contributed by atoms with Crippen LogP contribution in [0.1, 0.15) is 15.9 Å². The van der Waals surface area contributed by atoms with Crippen LogP contribution in [0.15, 0.2) is 41.3 Å². The summed E-state index contributed by atoms with van der Waals surface area (Å²) in [7, 11) is 6.27. The highest BCUT2D eigenvalue weighted by Gasteiger charge is 2.15. The minimum atomic E-state index is -0.178. The van der Waals surface area contributed by atoms with Gasteiger partial charge in [0.25, 0.3) is 0 Å². The Hall–Kier alpha value is -2.60. The van der Waals surface area contributed by atoms with Crippen LogP contribution in [0.3, 0.4) is 0 Å². The van der Waals surface area contributed by atoms with E-state index in [0.29, 0.717) is 28.6 Å². The Morgan fingerprint density at radius 3 is 2.08 bits per heavy atom. The molecule has 0 bridgehead atoms.